The lowest BCUT2D eigenvalue weighted by Crippen LogP contribution is -2.23. The molecule has 1 N–H and O–H groups in total. The monoisotopic (exact) mass is 312 g/mol. The van der Waals surface area contributed by atoms with Crippen LogP contribution in [0, 0.1) is 11.3 Å². The molecular formula is C15H24N2O3S. The molecule has 0 radical (unpaired) electrons. The molecule has 0 spiro atoms. The summed E-state index contributed by atoms with van der Waals surface area (Å²) in [7, 11) is 0. The van der Waals surface area contributed by atoms with Crippen LogP contribution in [0.5, 0.6) is 0 Å². The third-order valence-corrected chi connectivity index (χ3v) is 4.21. The lowest BCUT2D eigenvalue weighted by atomic mass is 9.80. The summed E-state index contributed by atoms with van der Waals surface area (Å²) in [6.45, 7) is 10.5. The fourth-order valence-corrected chi connectivity index (χ4v) is 2.29. The maximum absolute atomic E-state index is 12.0. The molecule has 0 fully saturated rings. The largest absolute Gasteiger partial charge is 0.466 e. The van der Waals surface area contributed by atoms with Crippen LogP contribution < -0.4 is 5.32 Å². The van der Waals surface area contributed by atoms with E-state index in [1.54, 1.807) is 12.3 Å². The van der Waals surface area contributed by atoms with E-state index in [1.165, 1.54) is 11.3 Å². The number of carbonyl (C=O) groups is 2. The van der Waals surface area contributed by atoms with Crippen molar-refractivity contribution >= 4 is 28.3 Å². The lowest BCUT2D eigenvalue weighted by molar-refractivity contribution is -0.142. The summed E-state index contributed by atoms with van der Waals surface area (Å²) < 4.78 is 4.86. The van der Waals surface area contributed by atoms with E-state index in [0.717, 1.165) is 0 Å². The van der Waals surface area contributed by atoms with Crippen molar-refractivity contribution in [1.29, 1.82) is 0 Å². The summed E-state index contributed by atoms with van der Waals surface area (Å²) in [5.74, 6) is -0.0760. The van der Waals surface area contributed by atoms with Crippen molar-refractivity contribution < 1.29 is 14.3 Å². The van der Waals surface area contributed by atoms with Crippen LogP contribution in [-0.2, 0) is 20.7 Å². The van der Waals surface area contributed by atoms with Gasteiger partial charge >= 0.3 is 5.97 Å². The summed E-state index contributed by atoms with van der Waals surface area (Å²) in [4.78, 5) is 27.5. The van der Waals surface area contributed by atoms with Crippen LogP contribution in [0.1, 0.15) is 46.7 Å². The molecule has 0 aliphatic rings. The number of aromatic nitrogens is 1. The molecule has 118 valence electrons. The number of thiazole rings is 1. The number of amides is 1. The van der Waals surface area contributed by atoms with Gasteiger partial charge in [-0.25, -0.2) is 4.98 Å². The van der Waals surface area contributed by atoms with Crippen LogP contribution in [0.25, 0.3) is 0 Å². The SMILES string of the molecule is CCOC(=O)Cc1csc(NC(=O)CC(C)C(C)(C)C)n1. The highest BCUT2D eigenvalue weighted by atomic mass is 32.1. The minimum atomic E-state index is -0.304. The van der Waals surface area contributed by atoms with Crippen molar-refractivity contribution in [3.8, 4) is 0 Å². The Bertz CT molecular complexity index is 491. The van der Waals surface area contributed by atoms with Crippen LogP contribution in [0.3, 0.4) is 0 Å². The lowest BCUT2D eigenvalue weighted by Gasteiger charge is -2.26. The number of anilines is 1. The Balaban J connectivity index is 2.51. The Labute approximate surface area is 130 Å². The van der Waals surface area contributed by atoms with E-state index >= 15 is 0 Å². The smallest absolute Gasteiger partial charge is 0.311 e. The Morgan fingerprint density at radius 3 is 2.67 bits per heavy atom. The molecule has 0 bridgehead atoms. The van der Waals surface area contributed by atoms with Crippen molar-refractivity contribution in [3.63, 3.8) is 0 Å². The highest BCUT2D eigenvalue weighted by Crippen LogP contribution is 2.28. The van der Waals surface area contributed by atoms with Gasteiger partial charge in [-0.15, -0.1) is 11.3 Å². The van der Waals surface area contributed by atoms with Gasteiger partial charge in [-0.2, -0.15) is 0 Å². The first kappa shape index (κ1) is 17.6. The van der Waals surface area contributed by atoms with Gasteiger partial charge in [0.1, 0.15) is 0 Å². The van der Waals surface area contributed by atoms with Crippen LogP contribution in [0.15, 0.2) is 5.38 Å². The third-order valence-electron chi connectivity index (χ3n) is 3.40. The molecule has 1 aromatic rings. The van der Waals surface area contributed by atoms with Crippen molar-refractivity contribution in [1.82, 2.24) is 4.98 Å². The van der Waals surface area contributed by atoms with Crippen LogP contribution >= 0.6 is 11.3 Å². The van der Waals surface area contributed by atoms with Gasteiger partial charge < -0.3 is 10.1 Å². The van der Waals surface area contributed by atoms with Crippen LogP contribution in [-0.4, -0.2) is 23.5 Å². The highest BCUT2D eigenvalue weighted by Gasteiger charge is 2.23. The van der Waals surface area contributed by atoms with E-state index in [1.807, 2.05) is 0 Å². The number of hydrogen-bond donors (Lipinski definition) is 1. The summed E-state index contributed by atoms with van der Waals surface area (Å²) in [6, 6.07) is 0. The van der Waals surface area contributed by atoms with E-state index in [9.17, 15) is 9.59 Å². The first-order valence-electron chi connectivity index (χ1n) is 7.12. The molecule has 0 saturated carbocycles. The van der Waals surface area contributed by atoms with Gasteiger partial charge in [0.15, 0.2) is 5.13 Å². The number of hydrogen-bond acceptors (Lipinski definition) is 5. The molecule has 0 aliphatic carbocycles. The molecule has 1 amide bonds. The zero-order valence-electron chi connectivity index (χ0n) is 13.4. The zero-order chi connectivity index (χ0) is 16.0. The topological polar surface area (TPSA) is 68.3 Å². The minimum absolute atomic E-state index is 0.0468. The summed E-state index contributed by atoms with van der Waals surface area (Å²) >= 11 is 1.32. The average Bonchev–Trinajstić information content (AvgIpc) is 2.75. The molecule has 0 aliphatic heterocycles. The van der Waals surface area contributed by atoms with Gasteiger partial charge in [0.05, 0.1) is 18.7 Å². The van der Waals surface area contributed by atoms with Crippen LogP contribution in [0.2, 0.25) is 0 Å². The normalized spacial score (nSPS) is 12.8. The summed E-state index contributed by atoms with van der Waals surface area (Å²) in [5, 5.41) is 5.08. The van der Waals surface area contributed by atoms with E-state index in [-0.39, 0.29) is 29.6 Å². The second-order valence-corrected chi connectivity index (χ2v) is 7.00. The molecule has 0 saturated heterocycles. The minimum Gasteiger partial charge on any atom is -0.466 e. The second-order valence-electron chi connectivity index (χ2n) is 6.15. The van der Waals surface area contributed by atoms with Gasteiger partial charge in [-0.1, -0.05) is 27.7 Å². The van der Waals surface area contributed by atoms with E-state index < -0.39 is 0 Å². The van der Waals surface area contributed by atoms with Gasteiger partial charge in [-0.3, -0.25) is 9.59 Å². The summed E-state index contributed by atoms with van der Waals surface area (Å²) in [5.41, 5.74) is 0.715. The Kier molecular flexibility index (Phi) is 6.33. The molecule has 1 unspecified atom stereocenters. The zero-order valence-corrected chi connectivity index (χ0v) is 14.2. The molecule has 6 heteroatoms. The van der Waals surface area contributed by atoms with E-state index in [0.29, 0.717) is 23.9 Å². The molecule has 21 heavy (non-hydrogen) atoms. The Hall–Kier alpha value is -1.43. The average molecular weight is 312 g/mol. The van der Waals surface area contributed by atoms with Crippen molar-refractivity contribution in [2.45, 2.75) is 47.5 Å². The van der Waals surface area contributed by atoms with Gasteiger partial charge in [0, 0.05) is 11.8 Å². The molecule has 1 heterocycles. The number of esters is 1. The Morgan fingerprint density at radius 2 is 2.10 bits per heavy atom. The molecule has 1 rings (SSSR count). The molecule has 1 atom stereocenters. The standard InChI is InChI=1S/C15H24N2O3S/c1-6-20-13(19)8-11-9-21-14(16-11)17-12(18)7-10(2)15(3,4)5/h9-10H,6-8H2,1-5H3,(H,16,17,18). The number of nitrogens with zero attached hydrogens (tertiary/aromatic N) is 1. The highest BCUT2D eigenvalue weighted by molar-refractivity contribution is 7.13. The number of rotatable bonds is 6. The fourth-order valence-electron chi connectivity index (χ4n) is 1.56. The molecular weight excluding hydrogens is 288 g/mol. The predicted octanol–water partition coefficient (Wildman–Crippen LogP) is 3.26. The van der Waals surface area contributed by atoms with Gasteiger partial charge in [-0.05, 0) is 18.3 Å². The number of ether oxygens (including phenoxy) is 1. The predicted molar refractivity (Wildman–Crippen MR) is 84.3 cm³/mol. The Morgan fingerprint density at radius 1 is 1.43 bits per heavy atom. The first-order valence-corrected chi connectivity index (χ1v) is 8.00. The van der Waals surface area contributed by atoms with E-state index in [4.69, 9.17) is 4.74 Å². The van der Waals surface area contributed by atoms with Crippen molar-refractivity contribution in [2.24, 2.45) is 11.3 Å². The van der Waals surface area contributed by atoms with Crippen molar-refractivity contribution in [3.05, 3.63) is 11.1 Å². The number of carbonyl (C=O) groups excluding carboxylic acids is 2. The molecule has 0 aromatic carbocycles. The first-order chi connectivity index (χ1) is 9.72. The van der Waals surface area contributed by atoms with Crippen molar-refractivity contribution in [2.75, 3.05) is 11.9 Å². The molecule has 5 nitrogen and oxygen atoms in total. The van der Waals surface area contributed by atoms with E-state index in [2.05, 4.69) is 38.0 Å². The fraction of sp³-hybridized carbons (Fsp3) is 0.667. The maximum atomic E-state index is 12.0. The summed E-state index contributed by atoms with van der Waals surface area (Å²) in [6.07, 6.45) is 0.592. The van der Waals surface area contributed by atoms with Gasteiger partial charge in [0.2, 0.25) is 5.91 Å². The second kappa shape index (κ2) is 7.54. The quantitative estimate of drug-likeness (QED) is 0.819. The maximum Gasteiger partial charge on any atom is 0.311 e. The van der Waals surface area contributed by atoms with Gasteiger partial charge in [0.25, 0.3) is 0 Å². The van der Waals surface area contributed by atoms with Crippen LogP contribution in [0.4, 0.5) is 5.13 Å². The number of nitrogens with one attached hydrogen (secondary N) is 1. The third kappa shape index (κ3) is 6.25. The molecule has 1 aromatic heterocycles.